The zero-order valence-corrected chi connectivity index (χ0v) is 85.9. The number of carbonyl (C=O) groups is 2. The van der Waals surface area contributed by atoms with Crippen molar-refractivity contribution in [1.82, 2.24) is 86.9 Å². The molecule has 11 aromatic heterocycles. The van der Waals surface area contributed by atoms with Crippen LogP contribution < -0.4 is 5.73 Å². The highest BCUT2D eigenvalue weighted by molar-refractivity contribution is 6.32. The van der Waals surface area contributed by atoms with E-state index in [4.69, 9.17) is 79.0 Å². The second kappa shape index (κ2) is 49.5. The maximum absolute atomic E-state index is 12.3. The van der Waals surface area contributed by atoms with Gasteiger partial charge < -0.3 is 52.9 Å². The smallest absolute Gasteiger partial charge is 0.410 e. The Labute approximate surface area is 867 Å². The number of amides is 2. The van der Waals surface area contributed by atoms with Crippen molar-refractivity contribution in [2.75, 3.05) is 98.2 Å². The number of rotatable bonds is 19. The van der Waals surface area contributed by atoms with Crippen molar-refractivity contribution < 1.29 is 14.3 Å². The van der Waals surface area contributed by atoms with Crippen molar-refractivity contribution in [2.45, 2.75) is 134 Å². The van der Waals surface area contributed by atoms with Crippen LogP contribution in [0.3, 0.4) is 0 Å². The van der Waals surface area contributed by atoms with E-state index in [9.17, 15) is 9.59 Å². The molecule has 5 fully saturated rings. The van der Waals surface area contributed by atoms with E-state index in [1.807, 2.05) is 203 Å². The molecule has 2 amide bonds. The number of hydrogen-bond acceptors (Lipinski definition) is 16. The average molecular weight is 2050 g/mol. The number of aromatic nitrogens is 12. The molecule has 2 N–H and O–H groups in total. The van der Waals surface area contributed by atoms with Gasteiger partial charge in [0.2, 0.25) is 5.91 Å². The number of fused-ring (bicyclic) bond motifs is 5. The van der Waals surface area contributed by atoms with Crippen LogP contribution in [0.5, 0.6) is 0 Å². The molecule has 0 unspecified atom stereocenters. The first-order valence-corrected chi connectivity index (χ1v) is 49.7. The van der Waals surface area contributed by atoms with E-state index in [2.05, 4.69) is 176 Å². The number of benzene rings is 5. The highest BCUT2D eigenvalue weighted by Crippen LogP contribution is 2.42. The van der Waals surface area contributed by atoms with Gasteiger partial charge in [0, 0.05) is 233 Å². The number of nitriles is 2. The molecule has 16 aromatic rings. The number of hydrogen-bond donors (Lipinski definition) is 1. The van der Waals surface area contributed by atoms with E-state index in [-0.39, 0.29) is 55.8 Å². The second-order valence-electron chi connectivity index (χ2n) is 37.3. The van der Waals surface area contributed by atoms with Crippen LogP contribution in [0.15, 0.2) is 257 Å². The maximum atomic E-state index is 12.3. The number of ether oxygens (including phenoxy) is 1. The summed E-state index contributed by atoms with van der Waals surface area (Å²) in [6.07, 6.45) is 45.1. The first-order chi connectivity index (χ1) is 67.2. The predicted molar refractivity (Wildman–Crippen MR) is 575 cm³/mol. The predicted octanol–water partition coefficient (Wildman–Crippen LogP) is 24.1. The summed E-state index contributed by atoms with van der Waals surface area (Å²) in [4.78, 5) is 59.3. The number of nitrogens with zero attached hydrogens (tertiary/aromatic N) is 20. The molecule has 32 heteroatoms. The van der Waals surface area contributed by atoms with Gasteiger partial charge in [-0.25, -0.2) is 4.79 Å². The zero-order chi connectivity index (χ0) is 95.8. The lowest BCUT2D eigenvalue weighted by Crippen LogP contribution is -2.49. The van der Waals surface area contributed by atoms with Gasteiger partial charge in [-0.1, -0.05) is 58.0 Å². The number of nitrogens with two attached hydrogens (primary N) is 1. The third kappa shape index (κ3) is 26.2. The standard InChI is InChI=1S/C23H24ClN5.C23H27ClN4O2.C22H23ClN4.C21H21ClN4.C20H21ClN4O.3ClH/c1-27-14-17(12-26-27)15-28-10-7-18(8-11-28)22-16-29(20-4-2-19(24)3-5-20)23-13-25-9-6-21(22)23;1-23(2,3)30-22(29)27-12-10-26(11-13-27)15-17-16-28(19-6-4-18(24)5-7-19)21-14-25-9-8-20(17)21;23-18-3-5-19(6-4-18)27-16-21(20-7-11-25-15-22(20)27)17-8-13-26(14-9-17)12-2-1-10-24;22-17-2-4-18(5-3-17)26-15-20(19-6-10-24-14-21(19)26)16-7-12-25(13-8-16)11-1-9-23;21-15-1-3-16(4-2-15)25-13-18(17-5-8-23-12-19(17)25)14-6-9-24(10-7-14)20(26)11-22;;;/h2-6,9,12-14,16,18H,7-8,10-11,15H2,1H3;4-9,14,16H,10-13,15H2,1-3H3;3-7,11,15-17H,1-2,8-9,12-14H2;2-6,10,14-16H,1,7-8,11-13H2;1-5,8,12-14H,6-7,9-11,22H2;3*1H. The van der Waals surface area contributed by atoms with Gasteiger partial charge in [-0.15, -0.1) is 37.2 Å². The van der Waals surface area contributed by atoms with E-state index in [1.165, 1.54) is 73.2 Å². The molecule has 0 spiro atoms. The highest BCUT2D eigenvalue weighted by atomic mass is 35.5. The van der Waals surface area contributed by atoms with Gasteiger partial charge in [-0.05, 0) is 328 Å². The van der Waals surface area contributed by atoms with Gasteiger partial charge in [0.05, 0.1) is 83.4 Å². The molecule has 21 rings (SSSR count). The maximum Gasteiger partial charge on any atom is 0.410 e. The first-order valence-electron chi connectivity index (χ1n) is 47.8. The van der Waals surface area contributed by atoms with Crippen molar-refractivity contribution in [3.05, 3.63) is 315 Å². The van der Waals surface area contributed by atoms with Crippen LogP contribution in [-0.4, -0.2) is 203 Å². The molecule has 24 nitrogen and oxygen atoms in total. The van der Waals surface area contributed by atoms with Crippen LogP contribution in [0.1, 0.15) is 148 Å². The van der Waals surface area contributed by atoms with E-state index < -0.39 is 5.60 Å². The summed E-state index contributed by atoms with van der Waals surface area (Å²) in [6.45, 7) is 20.6. The summed E-state index contributed by atoms with van der Waals surface area (Å²) in [6, 6.07) is 54.6. The van der Waals surface area contributed by atoms with E-state index in [1.54, 1.807) is 4.90 Å². The molecule has 16 heterocycles. The summed E-state index contributed by atoms with van der Waals surface area (Å²) in [5.41, 5.74) is 24.2. The SMILES string of the molecule is CC(C)(C)OC(=O)N1CCN(Cc2cn(-c3ccc(Cl)cc3)c3cnccc23)CC1.Cl.Cl.Cl.Cn1cc(CN2CCC(c3cn(-c4ccc(Cl)cc4)c4cnccc34)CC2)cn1.N#CCCCN1CCC(c2cn(-c3ccc(Cl)cc3)c3cnccc23)CC1.N#CCCN1CCC(c2cn(-c3ccc(Cl)cc3)c3cnccc23)CC1.NCC(=O)N1CCC(c2cn(-c3ccc(Cl)cc3)c3cnccc23)CC1. The molecule has 0 radical (unpaired) electrons. The molecule has 734 valence electrons. The van der Waals surface area contributed by atoms with Gasteiger partial charge >= 0.3 is 6.09 Å². The largest absolute Gasteiger partial charge is 0.444 e. The Morgan fingerprint density at radius 2 is 0.688 bits per heavy atom. The zero-order valence-electron chi connectivity index (χ0n) is 79.7. The minimum Gasteiger partial charge on any atom is -0.444 e. The molecule has 0 aliphatic carbocycles. The van der Waals surface area contributed by atoms with E-state index >= 15 is 0 Å². The summed E-state index contributed by atoms with van der Waals surface area (Å²) in [5.74, 6) is 2.15. The monoisotopic (exact) mass is 2050 g/mol. The quantitative estimate of drug-likeness (QED) is 0.0740. The molecule has 0 atom stereocenters. The number of carbonyl (C=O) groups excluding carboxylic acids is 2. The van der Waals surface area contributed by atoms with Gasteiger partial charge in [-0.3, -0.25) is 44.2 Å². The minimum atomic E-state index is -0.467. The molecular formula is C109H119Cl8N21O3. The fourth-order valence-corrected chi connectivity index (χ4v) is 20.6. The van der Waals surface area contributed by atoms with Crippen LogP contribution >= 0.6 is 95.2 Å². The molecule has 141 heavy (non-hydrogen) atoms. The summed E-state index contributed by atoms with van der Waals surface area (Å²) < 4.78 is 18.4. The first kappa shape index (κ1) is 105. The lowest BCUT2D eigenvalue weighted by atomic mass is 9.89. The number of likely N-dealkylation sites (tertiary alicyclic amines) is 4. The molecule has 0 bridgehead atoms. The topological polar surface area (TPSA) is 243 Å². The Kier molecular flexibility index (Phi) is 37.0. The van der Waals surface area contributed by atoms with Crippen molar-refractivity contribution in [2.24, 2.45) is 12.8 Å². The van der Waals surface area contributed by atoms with Gasteiger partial charge in [-0.2, -0.15) is 15.6 Å². The number of piperazine rings is 1. The molecule has 5 aliphatic heterocycles. The van der Waals surface area contributed by atoms with Crippen molar-refractivity contribution in [3.8, 4) is 40.6 Å². The molecule has 5 aliphatic rings. The third-order valence-corrected chi connectivity index (χ3v) is 28.5. The van der Waals surface area contributed by atoms with Crippen LogP contribution in [0.4, 0.5) is 4.79 Å². The Morgan fingerprint density at radius 3 is 1.01 bits per heavy atom. The van der Waals surface area contributed by atoms with Crippen LogP contribution in [0, 0.1) is 22.7 Å². The molecule has 0 saturated carbocycles. The van der Waals surface area contributed by atoms with Crippen LogP contribution in [0.25, 0.3) is 83.0 Å². The Hall–Kier alpha value is -11.4. The van der Waals surface area contributed by atoms with Gasteiger partial charge in [0.25, 0.3) is 0 Å². The van der Waals surface area contributed by atoms with E-state index in [0.29, 0.717) is 49.6 Å². The normalized spacial score (nSPS) is 15.4. The van der Waals surface area contributed by atoms with Crippen molar-refractivity contribution in [1.29, 1.82) is 10.5 Å². The Bertz CT molecular complexity index is 6880. The lowest BCUT2D eigenvalue weighted by molar-refractivity contribution is -0.130. The highest BCUT2D eigenvalue weighted by Gasteiger charge is 2.32. The fourth-order valence-electron chi connectivity index (χ4n) is 20.0. The fraction of sp³-hybridized carbons (Fsp3) is 0.339. The number of pyridine rings is 5. The average Bonchev–Trinajstić information content (AvgIpc) is 1.61. The van der Waals surface area contributed by atoms with Crippen molar-refractivity contribution in [3.63, 3.8) is 0 Å². The number of piperidine rings is 4. The molecule has 5 aromatic carbocycles. The van der Waals surface area contributed by atoms with Gasteiger partial charge in [0.1, 0.15) is 5.60 Å². The minimum absolute atomic E-state index is 0. The molecule has 5 saturated heterocycles. The summed E-state index contributed by atoms with van der Waals surface area (Å²) in [7, 11) is 1.97. The number of halogens is 8. The van der Waals surface area contributed by atoms with Crippen LogP contribution in [-0.2, 0) is 29.7 Å². The van der Waals surface area contributed by atoms with Crippen molar-refractivity contribution >= 4 is 162 Å². The third-order valence-electron chi connectivity index (χ3n) is 27.2. The summed E-state index contributed by atoms with van der Waals surface area (Å²) >= 11 is 30.3. The molecular weight excluding hydrogens is 1930 g/mol. The number of unbranched alkanes of at least 4 members (excludes halogenated alkanes) is 1. The summed E-state index contributed by atoms with van der Waals surface area (Å²) in [5, 5.41) is 31.8. The second-order valence-corrected chi connectivity index (χ2v) is 39.4. The number of aryl methyl sites for hydroxylation is 1. The Morgan fingerprint density at radius 1 is 0.376 bits per heavy atom. The Balaban J connectivity index is 0.000000140. The van der Waals surface area contributed by atoms with E-state index in [0.717, 1.165) is 218 Å². The van der Waals surface area contributed by atoms with Crippen LogP contribution in [0.2, 0.25) is 25.1 Å². The lowest BCUT2D eigenvalue weighted by Gasteiger charge is -2.35. The van der Waals surface area contributed by atoms with Gasteiger partial charge in [0.15, 0.2) is 0 Å².